The molecule has 1 atom stereocenters. The minimum atomic E-state index is -1.32. The second-order valence-electron chi connectivity index (χ2n) is 4.59. The first-order valence-electron chi connectivity index (χ1n) is 6.23. The predicted molar refractivity (Wildman–Crippen MR) is 80.2 cm³/mol. The van der Waals surface area contributed by atoms with E-state index in [2.05, 4.69) is 0 Å². The molecule has 0 spiro atoms. The summed E-state index contributed by atoms with van der Waals surface area (Å²) in [6.45, 7) is 0. The Morgan fingerprint density at radius 3 is 2.00 bits per heavy atom. The van der Waals surface area contributed by atoms with E-state index in [-0.39, 0.29) is 5.25 Å². The molecule has 2 aromatic rings. The van der Waals surface area contributed by atoms with Crippen LogP contribution in [0.3, 0.4) is 0 Å². The highest BCUT2D eigenvalue weighted by molar-refractivity contribution is 7.88. The number of benzene rings is 2. The normalized spacial score (nSPS) is 15.0. The zero-order valence-corrected chi connectivity index (χ0v) is 11.5. The average molecular weight is 283 g/mol. The van der Waals surface area contributed by atoms with E-state index in [1.54, 1.807) is 0 Å². The van der Waals surface area contributed by atoms with Crippen molar-refractivity contribution in [2.75, 3.05) is 0 Å². The Morgan fingerprint density at radius 1 is 1.00 bits per heavy atom. The van der Waals surface area contributed by atoms with Crippen molar-refractivity contribution in [3.63, 3.8) is 0 Å². The largest absolute Gasteiger partial charge is 0.366 e. The Hall–Kier alpha value is -2.20. The third-order valence-electron chi connectivity index (χ3n) is 3.38. The highest BCUT2D eigenvalue weighted by Crippen LogP contribution is 2.46. The van der Waals surface area contributed by atoms with Crippen LogP contribution in [-0.2, 0) is 15.6 Å². The topological polar surface area (TPSA) is 60.2 Å². The summed E-state index contributed by atoms with van der Waals surface area (Å²) in [6.07, 6.45) is 1.17. The van der Waals surface area contributed by atoms with Gasteiger partial charge in [0.05, 0.1) is 16.0 Å². The monoisotopic (exact) mass is 283 g/mol. The van der Waals surface area contributed by atoms with E-state index in [9.17, 15) is 9.00 Å². The molecule has 0 saturated heterocycles. The lowest BCUT2D eigenvalue weighted by Crippen LogP contribution is -2.08. The number of nitrogens with two attached hydrogens (primary N) is 1. The number of rotatable bonds is 3. The molecule has 3 rings (SSSR count). The second kappa shape index (κ2) is 5.06. The zero-order valence-electron chi connectivity index (χ0n) is 10.7. The SMILES string of the molecule is NC(=O)/C=C/S(=O)C1c2ccccc2-c2ccccc21. The number of primary amides is 1. The Morgan fingerprint density at radius 2 is 1.50 bits per heavy atom. The number of hydrogen-bond acceptors (Lipinski definition) is 2. The van der Waals surface area contributed by atoms with Crippen LogP contribution in [0.1, 0.15) is 16.4 Å². The summed E-state index contributed by atoms with van der Waals surface area (Å²) in [7, 11) is -1.32. The maximum Gasteiger partial charge on any atom is 0.242 e. The van der Waals surface area contributed by atoms with Crippen LogP contribution in [0.2, 0.25) is 0 Å². The molecule has 0 radical (unpaired) electrons. The summed E-state index contributed by atoms with van der Waals surface area (Å²) >= 11 is 0. The first-order chi connectivity index (χ1) is 9.68. The minimum Gasteiger partial charge on any atom is -0.366 e. The number of carbonyl (C=O) groups is 1. The van der Waals surface area contributed by atoms with E-state index >= 15 is 0 Å². The molecule has 4 heteroatoms. The van der Waals surface area contributed by atoms with E-state index in [1.165, 1.54) is 11.5 Å². The van der Waals surface area contributed by atoms with Crippen LogP contribution >= 0.6 is 0 Å². The molecule has 0 saturated carbocycles. The number of carbonyl (C=O) groups excluding carboxylic acids is 1. The molecule has 3 nitrogen and oxygen atoms in total. The molecule has 0 heterocycles. The van der Waals surface area contributed by atoms with E-state index in [1.807, 2.05) is 48.5 Å². The third-order valence-corrected chi connectivity index (χ3v) is 4.75. The van der Waals surface area contributed by atoms with Gasteiger partial charge in [0.2, 0.25) is 5.91 Å². The minimum absolute atomic E-state index is 0.238. The lowest BCUT2D eigenvalue weighted by molar-refractivity contribution is -0.113. The zero-order chi connectivity index (χ0) is 14.1. The van der Waals surface area contributed by atoms with E-state index in [0.29, 0.717) is 0 Å². The van der Waals surface area contributed by atoms with Crippen LogP contribution < -0.4 is 5.73 Å². The maximum absolute atomic E-state index is 12.5. The molecule has 100 valence electrons. The molecular formula is C16H13NO2S. The van der Waals surface area contributed by atoms with Gasteiger partial charge in [-0.2, -0.15) is 0 Å². The van der Waals surface area contributed by atoms with Crippen molar-refractivity contribution in [2.24, 2.45) is 5.73 Å². The van der Waals surface area contributed by atoms with Gasteiger partial charge in [-0.25, -0.2) is 0 Å². The molecule has 0 aromatic heterocycles. The first-order valence-corrected chi connectivity index (χ1v) is 7.51. The van der Waals surface area contributed by atoms with Crippen molar-refractivity contribution in [1.29, 1.82) is 0 Å². The van der Waals surface area contributed by atoms with Crippen LogP contribution in [-0.4, -0.2) is 10.1 Å². The molecule has 20 heavy (non-hydrogen) atoms. The Labute approximate surface area is 119 Å². The average Bonchev–Trinajstić information content (AvgIpc) is 2.79. The van der Waals surface area contributed by atoms with Gasteiger partial charge in [0.1, 0.15) is 0 Å². The molecule has 1 amide bonds. The fourth-order valence-electron chi connectivity index (χ4n) is 2.57. The lowest BCUT2D eigenvalue weighted by atomic mass is 10.1. The van der Waals surface area contributed by atoms with E-state index < -0.39 is 16.7 Å². The number of amides is 1. The van der Waals surface area contributed by atoms with Gasteiger partial charge in [-0.1, -0.05) is 48.5 Å². The number of hydrogen-bond donors (Lipinski definition) is 1. The van der Waals surface area contributed by atoms with Gasteiger partial charge in [0, 0.05) is 11.5 Å². The highest BCUT2D eigenvalue weighted by Gasteiger charge is 2.31. The maximum atomic E-state index is 12.5. The fourth-order valence-corrected chi connectivity index (χ4v) is 3.91. The van der Waals surface area contributed by atoms with Crippen LogP contribution in [0.25, 0.3) is 11.1 Å². The Kier molecular flexibility index (Phi) is 3.24. The molecule has 0 aliphatic heterocycles. The van der Waals surface area contributed by atoms with Crippen molar-refractivity contribution in [3.05, 3.63) is 71.1 Å². The molecule has 1 aliphatic carbocycles. The second-order valence-corrected chi connectivity index (χ2v) is 5.99. The fraction of sp³-hybridized carbons (Fsp3) is 0.0625. The van der Waals surface area contributed by atoms with Crippen LogP contribution in [0.15, 0.2) is 60.0 Å². The van der Waals surface area contributed by atoms with Crippen molar-refractivity contribution in [3.8, 4) is 11.1 Å². The standard InChI is InChI=1S/C16H13NO2S/c17-15(18)9-10-20(19)16-13-7-3-1-5-11(13)12-6-2-4-8-14(12)16/h1-10,16H,(H2,17,18)/b10-9+. The van der Waals surface area contributed by atoms with Gasteiger partial charge in [0.15, 0.2) is 0 Å². The summed E-state index contributed by atoms with van der Waals surface area (Å²) in [6, 6.07) is 15.8. The first kappa shape index (κ1) is 12.8. The number of fused-ring (bicyclic) bond motifs is 3. The Balaban J connectivity index is 2.12. The predicted octanol–water partition coefficient (Wildman–Crippen LogP) is 2.50. The van der Waals surface area contributed by atoms with Crippen LogP contribution in [0.4, 0.5) is 0 Å². The van der Waals surface area contributed by atoms with Gasteiger partial charge >= 0.3 is 0 Å². The van der Waals surface area contributed by atoms with Crippen molar-refractivity contribution < 1.29 is 9.00 Å². The molecule has 1 aliphatic rings. The molecule has 2 N–H and O–H groups in total. The van der Waals surface area contributed by atoms with Crippen molar-refractivity contribution in [1.82, 2.24) is 0 Å². The lowest BCUT2D eigenvalue weighted by Gasteiger charge is -2.10. The van der Waals surface area contributed by atoms with Gasteiger partial charge in [-0.3, -0.25) is 9.00 Å². The summed E-state index contributed by atoms with van der Waals surface area (Å²) in [4.78, 5) is 10.8. The smallest absolute Gasteiger partial charge is 0.242 e. The molecular weight excluding hydrogens is 270 g/mol. The Bertz CT molecular complexity index is 691. The molecule has 0 fully saturated rings. The summed E-state index contributed by atoms with van der Waals surface area (Å²) in [5.74, 6) is -0.585. The van der Waals surface area contributed by atoms with Gasteiger partial charge < -0.3 is 5.73 Å². The summed E-state index contributed by atoms with van der Waals surface area (Å²) in [5, 5.41) is 1.14. The van der Waals surface area contributed by atoms with Crippen LogP contribution in [0, 0.1) is 0 Å². The summed E-state index contributed by atoms with van der Waals surface area (Å²) < 4.78 is 12.5. The quantitative estimate of drug-likeness (QED) is 0.880. The van der Waals surface area contributed by atoms with E-state index in [4.69, 9.17) is 5.73 Å². The van der Waals surface area contributed by atoms with Gasteiger partial charge in [-0.15, -0.1) is 0 Å². The highest BCUT2D eigenvalue weighted by atomic mass is 32.2. The van der Waals surface area contributed by atoms with Gasteiger partial charge in [-0.05, 0) is 22.3 Å². The van der Waals surface area contributed by atoms with Gasteiger partial charge in [0.25, 0.3) is 0 Å². The third kappa shape index (κ3) is 2.08. The van der Waals surface area contributed by atoms with E-state index in [0.717, 1.165) is 22.3 Å². The molecule has 0 bridgehead atoms. The van der Waals surface area contributed by atoms with Crippen molar-refractivity contribution >= 4 is 16.7 Å². The van der Waals surface area contributed by atoms with Crippen LogP contribution in [0.5, 0.6) is 0 Å². The molecule has 1 unspecified atom stereocenters. The van der Waals surface area contributed by atoms with Crippen molar-refractivity contribution in [2.45, 2.75) is 5.25 Å². The summed E-state index contributed by atoms with van der Waals surface area (Å²) in [5.41, 5.74) is 9.34. The molecule has 2 aromatic carbocycles.